The summed E-state index contributed by atoms with van der Waals surface area (Å²) in [4.78, 5) is -0.0142. The molecule has 0 radical (unpaired) electrons. The molecule has 7 heteroatoms. The Morgan fingerprint density at radius 1 is 1.05 bits per heavy atom. The van der Waals surface area contributed by atoms with Crippen LogP contribution in [0.2, 0.25) is 10.0 Å². The third-order valence-electron chi connectivity index (χ3n) is 2.47. The van der Waals surface area contributed by atoms with Crippen molar-refractivity contribution in [3.05, 3.63) is 57.8 Å². The molecule has 0 amide bonds. The summed E-state index contributed by atoms with van der Waals surface area (Å²) in [5, 5.41) is -0.627. The van der Waals surface area contributed by atoms with Gasteiger partial charge < -0.3 is 4.18 Å². The molecule has 20 heavy (non-hydrogen) atoms. The molecule has 0 spiro atoms. The van der Waals surface area contributed by atoms with Crippen LogP contribution in [0.1, 0.15) is 5.56 Å². The van der Waals surface area contributed by atoms with Gasteiger partial charge in [0, 0.05) is 12.1 Å². The molecule has 0 aliphatic carbocycles. The van der Waals surface area contributed by atoms with E-state index >= 15 is 0 Å². The fraction of sp³-hybridized carbons (Fsp3) is 0.0769. The maximum absolute atomic E-state index is 13.2. The smallest absolute Gasteiger partial charge is 0.339 e. The van der Waals surface area contributed by atoms with E-state index in [4.69, 9.17) is 27.4 Å². The first-order valence-corrected chi connectivity index (χ1v) is 7.62. The van der Waals surface area contributed by atoms with Gasteiger partial charge in [0.2, 0.25) is 0 Å². The SMILES string of the molecule is Cc1ccc(S(=O)(=O)Oc2cc(Cl)c(F)c(Cl)c2)cc1. The van der Waals surface area contributed by atoms with E-state index in [1.807, 2.05) is 6.92 Å². The lowest BCUT2D eigenvalue weighted by Gasteiger charge is -2.08. The van der Waals surface area contributed by atoms with E-state index in [1.165, 1.54) is 12.1 Å². The van der Waals surface area contributed by atoms with E-state index in [9.17, 15) is 12.8 Å². The van der Waals surface area contributed by atoms with Crippen molar-refractivity contribution in [3.8, 4) is 5.75 Å². The van der Waals surface area contributed by atoms with Gasteiger partial charge in [-0.25, -0.2) is 4.39 Å². The molecule has 0 aliphatic heterocycles. The summed E-state index contributed by atoms with van der Waals surface area (Å²) in [6.07, 6.45) is 0. The molecule has 3 nitrogen and oxygen atoms in total. The summed E-state index contributed by atoms with van der Waals surface area (Å²) in [5.74, 6) is -0.976. The summed E-state index contributed by atoms with van der Waals surface area (Å²) >= 11 is 11.2. The van der Waals surface area contributed by atoms with Crippen LogP contribution in [0.15, 0.2) is 41.3 Å². The van der Waals surface area contributed by atoms with E-state index in [0.29, 0.717) is 0 Å². The summed E-state index contributed by atoms with van der Waals surface area (Å²) in [6, 6.07) is 8.21. The third kappa shape index (κ3) is 3.23. The Balaban J connectivity index is 2.36. The molecule has 0 heterocycles. The number of benzene rings is 2. The van der Waals surface area contributed by atoms with Crippen molar-refractivity contribution < 1.29 is 17.0 Å². The average Bonchev–Trinajstić information content (AvgIpc) is 2.36. The van der Waals surface area contributed by atoms with Crippen molar-refractivity contribution in [1.29, 1.82) is 0 Å². The predicted octanol–water partition coefficient (Wildman–Crippen LogP) is 4.21. The highest BCUT2D eigenvalue weighted by Gasteiger charge is 2.18. The normalized spacial score (nSPS) is 11.4. The van der Waals surface area contributed by atoms with Crippen molar-refractivity contribution in [2.45, 2.75) is 11.8 Å². The molecule has 0 fully saturated rings. The molecular formula is C13H9Cl2FO3S. The second kappa shape index (κ2) is 5.60. The lowest BCUT2D eigenvalue weighted by Crippen LogP contribution is -2.09. The topological polar surface area (TPSA) is 43.4 Å². The maximum Gasteiger partial charge on any atom is 0.339 e. The first-order chi connectivity index (χ1) is 9.29. The number of aryl methyl sites for hydroxylation is 1. The Hall–Kier alpha value is -1.30. The standard InChI is InChI=1S/C13H9Cl2FO3S/c1-8-2-4-10(5-3-8)20(17,18)19-9-6-11(14)13(16)12(15)7-9/h2-7H,1H3. The molecule has 0 saturated heterocycles. The number of halogens is 3. The quantitative estimate of drug-likeness (QED) is 0.623. The number of hydrogen-bond donors (Lipinski definition) is 0. The fourth-order valence-corrected chi connectivity index (χ4v) is 2.84. The summed E-state index contributed by atoms with van der Waals surface area (Å²) in [7, 11) is -4.02. The minimum atomic E-state index is -4.02. The first kappa shape index (κ1) is 15.1. The summed E-state index contributed by atoms with van der Waals surface area (Å²) < 4.78 is 42.2. The lowest BCUT2D eigenvalue weighted by atomic mass is 10.2. The van der Waals surface area contributed by atoms with Gasteiger partial charge in [0.25, 0.3) is 0 Å². The Morgan fingerprint density at radius 3 is 2.05 bits per heavy atom. The monoisotopic (exact) mass is 334 g/mol. The predicted molar refractivity (Wildman–Crippen MR) is 75.4 cm³/mol. The average molecular weight is 335 g/mol. The molecule has 0 saturated carbocycles. The molecular weight excluding hydrogens is 326 g/mol. The number of rotatable bonds is 3. The molecule has 0 N–H and O–H groups in total. The van der Waals surface area contributed by atoms with Gasteiger partial charge in [0.1, 0.15) is 10.6 Å². The molecule has 106 valence electrons. The van der Waals surface area contributed by atoms with E-state index in [2.05, 4.69) is 0 Å². The molecule has 2 aromatic rings. The van der Waals surface area contributed by atoms with Crippen LogP contribution in [0.4, 0.5) is 4.39 Å². The van der Waals surface area contributed by atoms with E-state index in [0.717, 1.165) is 17.7 Å². The van der Waals surface area contributed by atoms with Crippen LogP contribution in [0.25, 0.3) is 0 Å². The molecule has 0 bridgehead atoms. The lowest BCUT2D eigenvalue weighted by molar-refractivity contribution is 0.485. The zero-order chi connectivity index (χ0) is 14.9. The summed E-state index contributed by atoms with van der Waals surface area (Å²) in [5.41, 5.74) is 0.914. The molecule has 0 aliphatic rings. The Bertz CT molecular complexity index is 720. The Labute approximate surface area is 126 Å². The number of hydrogen-bond acceptors (Lipinski definition) is 3. The van der Waals surface area contributed by atoms with Gasteiger partial charge in [0.05, 0.1) is 10.0 Å². The van der Waals surface area contributed by atoms with Crippen molar-refractivity contribution in [1.82, 2.24) is 0 Å². The van der Waals surface area contributed by atoms with Gasteiger partial charge in [-0.1, -0.05) is 40.9 Å². The fourth-order valence-electron chi connectivity index (χ4n) is 1.46. The van der Waals surface area contributed by atoms with Gasteiger partial charge in [-0.15, -0.1) is 0 Å². The maximum atomic E-state index is 13.2. The van der Waals surface area contributed by atoms with Crippen LogP contribution in [0.5, 0.6) is 5.75 Å². The Kier molecular flexibility index (Phi) is 4.22. The first-order valence-electron chi connectivity index (χ1n) is 5.45. The molecule has 0 atom stereocenters. The second-order valence-corrected chi connectivity index (χ2v) is 6.41. The molecule has 2 rings (SSSR count). The zero-order valence-electron chi connectivity index (χ0n) is 10.2. The second-order valence-electron chi connectivity index (χ2n) is 4.05. The Morgan fingerprint density at radius 2 is 1.55 bits per heavy atom. The van der Waals surface area contributed by atoms with E-state index in [1.54, 1.807) is 12.1 Å². The van der Waals surface area contributed by atoms with Crippen LogP contribution >= 0.6 is 23.2 Å². The van der Waals surface area contributed by atoms with Gasteiger partial charge in [-0.2, -0.15) is 8.42 Å². The minimum Gasteiger partial charge on any atom is -0.379 e. The van der Waals surface area contributed by atoms with Crippen molar-refractivity contribution in [2.75, 3.05) is 0 Å². The van der Waals surface area contributed by atoms with Crippen LogP contribution in [-0.2, 0) is 10.1 Å². The highest BCUT2D eigenvalue weighted by molar-refractivity contribution is 7.87. The molecule has 0 unspecified atom stereocenters. The zero-order valence-corrected chi connectivity index (χ0v) is 12.6. The minimum absolute atomic E-state index is 0.0142. The molecule has 0 aromatic heterocycles. The largest absolute Gasteiger partial charge is 0.379 e. The highest BCUT2D eigenvalue weighted by atomic mass is 35.5. The van der Waals surface area contributed by atoms with Crippen LogP contribution < -0.4 is 4.18 Å². The van der Waals surface area contributed by atoms with Crippen LogP contribution in [-0.4, -0.2) is 8.42 Å². The van der Waals surface area contributed by atoms with Gasteiger partial charge in [0.15, 0.2) is 5.82 Å². The highest BCUT2D eigenvalue weighted by Crippen LogP contribution is 2.30. The van der Waals surface area contributed by atoms with E-state index in [-0.39, 0.29) is 20.7 Å². The van der Waals surface area contributed by atoms with Crippen molar-refractivity contribution in [2.24, 2.45) is 0 Å². The van der Waals surface area contributed by atoms with Crippen LogP contribution in [0, 0.1) is 12.7 Å². The van der Waals surface area contributed by atoms with Gasteiger partial charge in [-0.05, 0) is 19.1 Å². The third-order valence-corrected chi connectivity index (χ3v) is 4.28. The van der Waals surface area contributed by atoms with Gasteiger partial charge in [-0.3, -0.25) is 0 Å². The van der Waals surface area contributed by atoms with Crippen molar-refractivity contribution in [3.63, 3.8) is 0 Å². The summed E-state index contributed by atoms with van der Waals surface area (Å²) in [6.45, 7) is 1.83. The van der Waals surface area contributed by atoms with Crippen LogP contribution in [0.3, 0.4) is 0 Å². The molecule has 2 aromatic carbocycles. The van der Waals surface area contributed by atoms with Crippen molar-refractivity contribution >= 4 is 33.3 Å². The van der Waals surface area contributed by atoms with E-state index < -0.39 is 15.9 Å². The van der Waals surface area contributed by atoms with Gasteiger partial charge >= 0.3 is 10.1 Å².